The maximum atomic E-state index is 13.0. The molecule has 0 saturated heterocycles. The average molecular weight is 1220 g/mol. The summed E-state index contributed by atoms with van der Waals surface area (Å²) >= 11 is 0. The molecule has 0 spiro atoms. The number of unbranched alkanes of at least 4 members (excludes halogenated alkanes) is 2. The van der Waals surface area contributed by atoms with Gasteiger partial charge in [-0.05, 0) is 183 Å². The predicted molar refractivity (Wildman–Crippen MR) is 338 cm³/mol. The van der Waals surface area contributed by atoms with Gasteiger partial charge in [-0.15, -0.1) is 0 Å². The zero-order valence-electron chi connectivity index (χ0n) is 53.7. The van der Waals surface area contributed by atoms with E-state index in [2.05, 4.69) is 157 Å². The maximum Gasteiger partial charge on any atom is 0.222 e. The molecule has 0 atom stereocenters. The quantitative estimate of drug-likeness (QED) is 0.0422. The van der Waals surface area contributed by atoms with Crippen molar-refractivity contribution in [3.63, 3.8) is 0 Å². The molecule has 0 aliphatic heterocycles. The van der Waals surface area contributed by atoms with Crippen LogP contribution in [0.3, 0.4) is 0 Å². The Kier molecular flexibility index (Phi) is 38.1. The summed E-state index contributed by atoms with van der Waals surface area (Å²) in [6.07, 6.45) is 4.50. The number of carbonyl (C=O) groups is 4. The Morgan fingerprint density at radius 2 is 0.329 bits per heavy atom. The van der Waals surface area contributed by atoms with Gasteiger partial charge < -0.3 is 55.0 Å². The van der Waals surface area contributed by atoms with Crippen LogP contribution in [-0.4, -0.2) is 215 Å². The normalized spacial score (nSPS) is 13.1. The van der Waals surface area contributed by atoms with E-state index in [1.165, 1.54) is 0 Å². The van der Waals surface area contributed by atoms with Gasteiger partial charge in [0.25, 0.3) is 0 Å². The fourth-order valence-corrected chi connectivity index (χ4v) is 12.5. The summed E-state index contributed by atoms with van der Waals surface area (Å²) in [6.45, 7) is 60.8. The Hall–Kier alpha value is -0.705. The van der Waals surface area contributed by atoms with Crippen molar-refractivity contribution < 1.29 is 54.6 Å². The van der Waals surface area contributed by atoms with Crippen LogP contribution in [0.1, 0.15) is 51.4 Å². The second-order valence-electron chi connectivity index (χ2n) is 27.6. The molecule has 0 aromatic carbocycles. The summed E-state index contributed by atoms with van der Waals surface area (Å²) in [5.74, 6) is 0.443. The molecular weight excluding hydrogens is 1100 g/mol. The fraction of sp³-hybridized carbons (Fsp3) is 0.923. The molecule has 24 heteroatoms. The predicted octanol–water partition coefficient (Wildman–Crippen LogP) is 11.2. The fourth-order valence-electron chi connectivity index (χ4n) is 6.88. The van der Waals surface area contributed by atoms with Crippen molar-refractivity contribution in [2.45, 2.75) is 208 Å². The number of amides is 4. The Labute approximate surface area is 475 Å². The third-order valence-corrected chi connectivity index (χ3v) is 19.2. The van der Waals surface area contributed by atoms with Crippen molar-refractivity contribution >= 4 is 90.2 Å². The molecule has 0 heterocycles. The molecule has 0 aliphatic rings. The van der Waals surface area contributed by atoms with E-state index >= 15 is 0 Å². The lowest BCUT2D eigenvalue weighted by Gasteiger charge is -2.27. The van der Waals surface area contributed by atoms with Gasteiger partial charge in [-0.3, -0.25) is 19.2 Å². The first-order valence-electron chi connectivity index (χ1n) is 28.6. The van der Waals surface area contributed by atoms with Gasteiger partial charge in [0.1, 0.15) is 0 Å². The highest BCUT2D eigenvalue weighted by Crippen LogP contribution is 2.14. The number of hydrogen-bond donors (Lipinski definition) is 0. The molecule has 0 aliphatic carbocycles. The molecule has 0 aromatic rings. The zero-order valence-corrected chi connectivity index (χ0v) is 61.7. The Morgan fingerprint density at radius 3 is 0.421 bits per heavy atom. The molecule has 0 aromatic heterocycles. The van der Waals surface area contributed by atoms with Crippen LogP contribution in [0, 0.1) is 0 Å². The molecule has 0 saturated carbocycles. The summed E-state index contributed by atoms with van der Waals surface area (Å²) in [7, 11) is -13.1. The lowest BCUT2D eigenvalue weighted by molar-refractivity contribution is -0.134. The molecular formula is C52H120N4O12Si8. The van der Waals surface area contributed by atoms with Crippen LogP contribution in [0.2, 0.25) is 157 Å². The number of hydrogen-bond acceptors (Lipinski definition) is 12. The van der Waals surface area contributed by atoms with Gasteiger partial charge in [-0.25, -0.2) is 0 Å². The number of rotatable bonds is 42. The smallest absolute Gasteiger partial charge is 0.222 e. The Bertz CT molecular complexity index is 1290. The molecule has 0 N–H and O–H groups in total. The van der Waals surface area contributed by atoms with E-state index in [-0.39, 0.29) is 23.6 Å². The molecule has 4 amide bonds. The number of nitrogens with zero attached hydrogens (tertiary/aromatic N) is 4. The first kappa shape index (κ1) is 77.4. The van der Waals surface area contributed by atoms with Crippen LogP contribution in [0.15, 0.2) is 0 Å². The van der Waals surface area contributed by atoms with E-state index in [1.54, 1.807) is 0 Å². The molecule has 0 radical (unpaired) electrons. The third-order valence-electron chi connectivity index (χ3n) is 10.6. The first-order valence-corrected chi connectivity index (χ1v) is 55.9. The highest BCUT2D eigenvalue weighted by atomic mass is 28.4. The van der Waals surface area contributed by atoms with E-state index in [4.69, 9.17) is 35.4 Å². The summed E-state index contributed by atoms with van der Waals surface area (Å²) < 4.78 is 48.0. The van der Waals surface area contributed by atoms with Crippen molar-refractivity contribution in [3.8, 4) is 0 Å². The van der Waals surface area contributed by atoms with E-state index in [0.29, 0.717) is 157 Å². The molecule has 0 bridgehead atoms. The van der Waals surface area contributed by atoms with Crippen LogP contribution >= 0.6 is 0 Å². The molecule has 76 heavy (non-hydrogen) atoms. The van der Waals surface area contributed by atoms with Crippen LogP contribution in [0.4, 0.5) is 0 Å². The lowest BCUT2D eigenvalue weighted by Crippen LogP contribution is -2.40. The van der Waals surface area contributed by atoms with Crippen LogP contribution in [0.5, 0.6) is 0 Å². The standard InChI is InChI=1S/2C26H60N2O6Si4/c2*1-35(2,3)31-21-17-27(18-22-32-36(4,5)6)25(29)15-13-14-16-26(30)28(19-23-33-37(7,8)9)20-24-34-38(10,11)12/h2*13-24H2,1-12H3. The highest BCUT2D eigenvalue weighted by Gasteiger charge is 2.25. The van der Waals surface area contributed by atoms with Crippen LogP contribution in [-0.2, 0) is 54.6 Å². The van der Waals surface area contributed by atoms with E-state index in [1.807, 2.05) is 19.6 Å². The summed E-state index contributed by atoms with van der Waals surface area (Å²) in [6, 6.07) is 0. The van der Waals surface area contributed by atoms with Gasteiger partial charge >= 0.3 is 0 Å². The van der Waals surface area contributed by atoms with Crippen LogP contribution < -0.4 is 0 Å². The number of carbonyl (C=O) groups excluding carboxylic acids is 4. The Morgan fingerprint density at radius 1 is 0.224 bits per heavy atom. The molecule has 0 rings (SSSR count). The van der Waals surface area contributed by atoms with Gasteiger partial charge in [0, 0.05) is 78.0 Å². The molecule has 16 nitrogen and oxygen atoms in total. The van der Waals surface area contributed by atoms with Crippen LogP contribution in [0.25, 0.3) is 0 Å². The van der Waals surface area contributed by atoms with Crippen molar-refractivity contribution in [2.75, 3.05) is 105 Å². The summed E-state index contributed by atoms with van der Waals surface area (Å²) in [5, 5.41) is 0. The lowest BCUT2D eigenvalue weighted by atomic mass is 10.1. The minimum absolute atomic E-state index is 0.111. The second-order valence-corrected chi connectivity index (χ2v) is 63.7. The van der Waals surface area contributed by atoms with Gasteiger partial charge in [0.05, 0.1) is 52.9 Å². The van der Waals surface area contributed by atoms with Gasteiger partial charge in [0.2, 0.25) is 23.6 Å². The van der Waals surface area contributed by atoms with Gasteiger partial charge in [0.15, 0.2) is 66.5 Å². The van der Waals surface area contributed by atoms with Gasteiger partial charge in [-0.1, -0.05) is 0 Å². The monoisotopic (exact) mass is 1220 g/mol. The SMILES string of the molecule is C[Si](C)(C)OCCN(CCO[Si](C)(C)C)C(=O)CCCCC(=O)N(CCO[Si](C)(C)C)CCO[Si](C)(C)C.C[Si](C)(C)OCCN(CCO[Si](C)(C)C)C(=O)CCCCC(=O)N(CCO[Si](C)(C)C)CCO[Si](C)(C)C. The second kappa shape index (κ2) is 37.4. The van der Waals surface area contributed by atoms with Crippen molar-refractivity contribution in [3.05, 3.63) is 0 Å². The summed E-state index contributed by atoms with van der Waals surface area (Å²) in [5.41, 5.74) is 0. The average Bonchev–Trinajstić information content (AvgIpc) is 3.21. The highest BCUT2D eigenvalue weighted by molar-refractivity contribution is 6.72. The molecule has 0 unspecified atom stereocenters. The van der Waals surface area contributed by atoms with Crippen molar-refractivity contribution in [1.82, 2.24) is 19.6 Å². The van der Waals surface area contributed by atoms with E-state index in [9.17, 15) is 19.2 Å². The first-order chi connectivity index (χ1) is 34.4. The van der Waals surface area contributed by atoms with E-state index in [0.717, 1.165) is 0 Å². The minimum Gasteiger partial charge on any atom is -0.416 e. The van der Waals surface area contributed by atoms with Crippen molar-refractivity contribution in [2.24, 2.45) is 0 Å². The minimum atomic E-state index is -1.63. The maximum absolute atomic E-state index is 13.0. The zero-order chi connectivity index (χ0) is 59.2. The van der Waals surface area contributed by atoms with E-state index < -0.39 is 66.5 Å². The molecule has 0 fully saturated rings. The van der Waals surface area contributed by atoms with Gasteiger partial charge in [-0.2, -0.15) is 0 Å². The van der Waals surface area contributed by atoms with Crippen molar-refractivity contribution in [1.29, 1.82) is 0 Å². The Balaban J connectivity index is 0. The largest absolute Gasteiger partial charge is 0.416 e. The summed E-state index contributed by atoms with van der Waals surface area (Å²) in [4.78, 5) is 59.6. The molecule has 452 valence electrons. The third kappa shape index (κ3) is 52.7. The topological polar surface area (TPSA) is 155 Å².